The summed E-state index contributed by atoms with van der Waals surface area (Å²) in [4.78, 5) is 0. The molecule has 1 rings (SSSR count). The maximum atomic E-state index is 8.45. The molecule has 0 heterocycles. The lowest BCUT2D eigenvalue weighted by Crippen LogP contribution is -2.13. The zero-order valence-electron chi connectivity index (χ0n) is 5.93. The highest BCUT2D eigenvalue weighted by Crippen LogP contribution is 2.31. The maximum absolute atomic E-state index is 8.45. The van der Waals surface area contributed by atoms with Gasteiger partial charge in [-0.25, -0.2) is 0 Å². The van der Waals surface area contributed by atoms with E-state index in [0.29, 0.717) is 0 Å². The van der Waals surface area contributed by atoms with Crippen molar-refractivity contribution in [1.29, 1.82) is 5.26 Å². The van der Waals surface area contributed by atoms with Gasteiger partial charge in [0.05, 0.1) is 6.07 Å². The Bertz CT molecular complexity index is 119. The minimum atomic E-state index is 0.287. The molecule has 1 nitrogen and oxygen atoms in total. The van der Waals surface area contributed by atoms with Crippen LogP contribution < -0.4 is 0 Å². The van der Waals surface area contributed by atoms with E-state index in [-0.39, 0.29) is 5.92 Å². The monoisotopic (exact) mass is 123 g/mol. The lowest BCUT2D eigenvalue weighted by atomic mass is 9.80. The minimum Gasteiger partial charge on any atom is -0.198 e. The van der Waals surface area contributed by atoms with Crippen molar-refractivity contribution in [3.8, 4) is 6.07 Å². The molecular weight excluding hydrogens is 110 g/mol. The van der Waals surface area contributed by atoms with Crippen LogP contribution in [0.25, 0.3) is 0 Å². The van der Waals surface area contributed by atoms with Gasteiger partial charge >= 0.3 is 0 Å². The van der Waals surface area contributed by atoms with Crippen molar-refractivity contribution < 1.29 is 0 Å². The van der Waals surface area contributed by atoms with Crippen molar-refractivity contribution in [2.45, 2.75) is 32.6 Å². The van der Waals surface area contributed by atoms with Gasteiger partial charge in [0.1, 0.15) is 0 Å². The summed E-state index contributed by atoms with van der Waals surface area (Å²) in [5.41, 5.74) is 0. The Balaban J connectivity index is 2.10. The minimum absolute atomic E-state index is 0.287. The first-order valence-electron chi connectivity index (χ1n) is 3.72. The van der Waals surface area contributed by atoms with E-state index in [4.69, 9.17) is 5.26 Å². The van der Waals surface area contributed by atoms with Gasteiger partial charge in [0.15, 0.2) is 0 Å². The van der Waals surface area contributed by atoms with Gasteiger partial charge in [-0.15, -0.1) is 0 Å². The fourth-order valence-electron chi connectivity index (χ4n) is 1.28. The Hall–Kier alpha value is -0.510. The van der Waals surface area contributed by atoms with Crippen molar-refractivity contribution in [1.82, 2.24) is 0 Å². The van der Waals surface area contributed by atoms with Crippen LogP contribution >= 0.6 is 0 Å². The third-order valence-corrected chi connectivity index (χ3v) is 2.13. The van der Waals surface area contributed by atoms with Gasteiger partial charge in [-0.2, -0.15) is 5.26 Å². The molecule has 1 atom stereocenters. The Labute approximate surface area is 56.7 Å². The van der Waals surface area contributed by atoms with E-state index in [0.717, 1.165) is 12.3 Å². The number of hydrogen-bond donors (Lipinski definition) is 0. The van der Waals surface area contributed by atoms with Crippen molar-refractivity contribution in [2.24, 2.45) is 11.8 Å². The maximum Gasteiger partial charge on any atom is 0.0652 e. The van der Waals surface area contributed by atoms with Crippen LogP contribution in [0, 0.1) is 23.2 Å². The third-order valence-electron chi connectivity index (χ3n) is 2.13. The van der Waals surface area contributed by atoms with Crippen molar-refractivity contribution in [3.05, 3.63) is 0 Å². The third kappa shape index (κ3) is 1.71. The zero-order valence-corrected chi connectivity index (χ0v) is 5.93. The Morgan fingerprint density at radius 2 is 2.33 bits per heavy atom. The van der Waals surface area contributed by atoms with E-state index in [1.807, 2.05) is 6.92 Å². The quantitative estimate of drug-likeness (QED) is 0.553. The van der Waals surface area contributed by atoms with Gasteiger partial charge in [0.2, 0.25) is 0 Å². The molecule has 1 aliphatic carbocycles. The molecule has 1 heteroatoms. The summed E-state index contributed by atoms with van der Waals surface area (Å²) in [6, 6.07) is 2.26. The predicted molar refractivity (Wildman–Crippen MR) is 36.7 cm³/mol. The van der Waals surface area contributed by atoms with Gasteiger partial charge in [0, 0.05) is 5.92 Å². The lowest BCUT2D eigenvalue weighted by molar-refractivity contribution is 0.275. The molecule has 0 bridgehead atoms. The second-order valence-electron chi connectivity index (χ2n) is 3.06. The molecule has 0 aliphatic heterocycles. The standard InChI is InChI=1S/C8H13N/c1-7(6-9)5-8-3-2-4-8/h7-8H,2-5H2,1H3. The molecule has 1 saturated carbocycles. The van der Waals surface area contributed by atoms with Crippen LogP contribution in [0.4, 0.5) is 0 Å². The van der Waals surface area contributed by atoms with Crippen molar-refractivity contribution >= 4 is 0 Å². The highest BCUT2D eigenvalue weighted by molar-refractivity contribution is 4.83. The molecule has 0 N–H and O–H groups in total. The molecule has 0 spiro atoms. The lowest BCUT2D eigenvalue weighted by Gasteiger charge is -2.25. The van der Waals surface area contributed by atoms with Crippen LogP contribution in [0.15, 0.2) is 0 Å². The molecule has 1 unspecified atom stereocenters. The normalized spacial score (nSPS) is 22.2. The van der Waals surface area contributed by atoms with Crippen molar-refractivity contribution in [3.63, 3.8) is 0 Å². The van der Waals surface area contributed by atoms with E-state index in [1.54, 1.807) is 0 Å². The van der Waals surface area contributed by atoms with E-state index >= 15 is 0 Å². The molecule has 9 heavy (non-hydrogen) atoms. The fourth-order valence-corrected chi connectivity index (χ4v) is 1.28. The van der Waals surface area contributed by atoms with Crippen LogP contribution in [0.3, 0.4) is 0 Å². The second kappa shape index (κ2) is 2.87. The highest BCUT2D eigenvalue weighted by atomic mass is 14.3. The van der Waals surface area contributed by atoms with Crippen LogP contribution in [0.1, 0.15) is 32.6 Å². The molecule has 50 valence electrons. The molecular formula is C8H13N. The van der Waals surface area contributed by atoms with Crippen LogP contribution in [-0.2, 0) is 0 Å². The summed E-state index contributed by atoms with van der Waals surface area (Å²) in [6.45, 7) is 2.01. The molecule has 0 aromatic rings. The van der Waals surface area contributed by atoms with Crippen LogP contribution in [0.2, 0.25) is 0 Å². The summed E-state index contributed by atoms with van der Waals surface area (Å²) < 4.78 is 0. The van der Waals surface area contributed by atoms with E-state index in [2.05, 4.69) is 6.07 Å². The average molecular weight is 123 g/mol. The molecule has 1 fully saturated rings. The summed E-state index contributed by atoms with van der Waals surface area (Å²) in [7, 11) is 0. The first-order valence-corrected chi connectivity index (χ1v) is 3.72. The summed E-state index contributed by atoms with van der Waals surface area (Å²) >= 11 is 0. The first kappa shape index (κ1) is 6.61. The van der Waals surface area contributed by atoms with Gasteiger partial charge in [-0.05, 0) is 19.3 Å². The number of hydrogen-bond acceptors (Lipinski definition) is 1. The molecule has 0 aromatic heterocycles. The zero-order chi connectivity index (χ0) is 6.69. The molecule has 0 radical (unpaired) electrons. The van der Waals surface area contributed by atoms with Gasteiger partial charge in [-0.1, -0.05) is 19.3 Å². The van der Waals surface area contributed by atoms with Gasteiger partial charge in [-0.3, -0.25) is 0 Å². The Morgan fingerprint density at radius 3 is 2.67 bits per heavy atom. The molecule has 0 saturated heterocycles. The Morgan fingerprint density at radius 1 is 1.67 bits per heavy atom. The van der Waals surface area contributed by atoms with Crippen molar-refractivity contribution in [2.75, 3.05) is 0 Å². The number of nitrogens with zero attached hydrogens (tertiary/aromatic N) is 1. The largest absolute Gasteiger partial charge is 0.198 e. The highest BCUT2D eigenvalue weighted by Gasteiger charge is 2.19. The Kier molecular flexibility index (Phi) is 2.10. The topological polar surface area (TPSA) is 23.8 Å². The number of nitriles is 1. The first-order chi connectivity index (χ1) is 4.33. The van der Waals surface area contributed by atoms with Crippen LogP contribution in [0.5, 0.6) is 0 Å². The summed E-state index contributed by atoms with van der Waals surface area (Å²) in [5, 5.41) is 8.45. The second-order valence-corrected chi connectivity index (χ2v) is 3.06. The van der Waals surface area contributed by atoms with Crippen LogP contribution in [-0.4, -0.2) is 0 Å². The van der Waals surface area contributed by atoms with E-state index in [1.165, 1.54) is 19.3 Å². The summed E-state index contributed by atoms with van der Waals surface area (Å²) in [6.07, 6.45) is 5.26. The molecule has 1 aliphatic rings. The fraction of sp³-hybridized carbons (Fsp3) is 0.875. The smallest absolute Gasteiger partial charge is 0.0652 e. The summed E-state index contributed by atoms with van der Waals surface area (Å²) in [5.74, 6) is 1.18. The van der Waals surface area contributed by atoms with Gasteiger partial charge in [0.25, 0.3) is 0 Å². The molecule has 0 amide bonds. The molecule has 0 aromatic carbocycles. The van der Waals surface area contributed by atoms with E-state index < -0.39 is 0 Å². The van der Waals surface area contributed by atoms with E-state index in [9.17, 15) is 0 Å². The number of rotatable bonds is 2. The predicted octanol–water partition coefficient (Wildman–Crippen LogP) is 2.34. The average Bonchev–Trinajstić information content (AvgIpc) is 1.78. The van der Waals surface area contributed by atoms with Gasteiger partial charge < -0.3 is 0 Å². The SMILES string of the molecule is CC(C#N)CC1CCC1.